The first-order chi connectivity index (χ1) is 13.5. The van der Waals surface area contributed by atoms with Gasteiger partial charge in [-0.3, -0.25) is 9.59 Å². The largest absolute Gasteiger partial charge is 0.493 e. The van der Waals surface area contributed by atoms with Crippen molar-refractivity contribution in [3.63, 3.8) is 0 Å². The lowest BCUT2D eigenvalue weighted by atomic mass is 9.86. The molecule has 0 fully saturated rings. The molecule has 2 aromatic rings. The summed E-state index contributed by atoms with van der Waals surface area (Å²) in [6.07, 6.45) is 1.91. The SMILES string of the molecule is C=CCSc1nc(=O)c2c(n1C)NC(=O)C[C@@H]2c1ccc(OCC)c(OC)c1. The summed E-state index contributed by atoms with van der Waals surface area (Å²) in [5.41, 5.74) is 0.954. The highest BCUT2D eigenvalue weighted by Gasteiger charge is 2.32. The predicted molar refractivity (Wildman–Crippen MR) is 110 cm³/mol. The lowest BCUT2D eigenvalue weighted by Gasteiger charge is -2.27. The maximum atomic E-state index is 12.8. The van der Waals surface area contributed by atoms with Crippen molar-refractivity contribution in [1.82, 2.24) is 9.55 Å². The van der Waals surface area contributed by atoms with Gasteiger partial charge in [0.2, 0.25) is 5.91 Å². The lowest BCUT2D eigenvalue weighted by Crippen LogP contribution is -2.33. The summed E-state index contributed by atoms with van der Waals surface area (Å²) >= 11 is 1.39. The Hall–Kier alpha value is -2.74. The van der Waals surface area contributed by atoms with Gasteiger partial charge in [0.15, 0.2) is 16.7 Å². The first-order valence-electron chi connectivity index (χ1n) is 8.95. The Morgan fingerprint density at radius 2 is 2.18 bits per heavy atom. The maximum Gasteiger partial charge on any atom is 0.279 e. The first kappa shape index (κ1) is 20.0. The number of benzene rings is 1. The van der Waals surface area contributed by atoms with Crippen LogP contribution in [0, 0.1) is 0 Å². The van der Waals surface area contributed by atoms with E-state index in [-0.39, 0.29) is 17.9 Å². The number of aromatic nitrogens is 2. The molecule has 1 aromatic carbocycles. The van der Waals surface area contributed by atoms with E-state index in [1.54, 1.807) is 30.9 Å². The number of carbonyl (C=O) groups excluding carboxylic acids is 1. The van der Waals surface area contributed by atoms with Crippen molar-refractivity contribution in [2.75, 3.05) is 24.8 Å². The van der Waals surface area contributed by atoms with Crippen LogP contribution in [0.15, 0.2) is 40.8 Å². The van der Waals surface area contributed by atoms with Crippen LogP contribution in [0.2, 0.25) is 0 Å². The normalized spacial score (nSPS) is 15.5. The summed E-state index contributed by atoms with van der Waals surface area (Å²) in [4.78, 5) is 29.5. The molecule has 0 unspecified atom stereocenters. The van der Waals surface area contributed by atoms with Crippen molar-refractivity contribution in [2.24, 2.45) is 7.05 Å². The highest BCUT2D eigenvalue weighted by Crippen LogP contribution is 2.39. The van der Waals surface area contributed by atoms with Crippen LogP contribution in [-0.2, 0) is 11.8 Å². The summed E-state index contributed by atoms with van der Waals surface area (Å²) < 4.78 is 12.7. The summed E-state index contributed by atoms with van der Waals surface area (Å²) in [7, 11) is 3.35. The monoisotopic (exact) mass is 401 g/mol. The number of carbonyl (C=O) groups is 1. The number of nitrogens with zero attached hydrogens (tertiary/aromatic N) is 2. The molecule has 0 saturated heterocycles. The number of hydrogen-bond donors (Lipinski definition) is 1. The number of methoxy groups -OCH3 is 1. The highest BCUT2D eigenvalue weighted by atomic mass is 32.2. The number of fused-ring (bicyclic) bond motifs is 1. The molecule has 0 bridgehead atoms. The number of amides is 1. The van der Waals surface area contributed by atoms with E-state index in [9.17, 15) is 9.59 Å². The minimum absolute atomic E-state index is 0.147. The molecule has 1 amide bonds. The number of anilines is 1. The van der Waals surface area contributed by atoms with Gasteiger partial charge in [0, 0.05) is 25.1 Å². The minimum atomic E-state index is -0.405. The predicted octanol–water partition coefficient (Wildman–Crippen LogP) is 2.94. The number of nitrogens with one attached hydrogen (secondary N) is 1. The lowest BCUT2D eigenvalue weighted by molar-refractivity contribution is -0.116. The first-order valence-corrected chi connectivity index (χ1v) is 9.93. The molecule has 0 spiro atoms. The van der Waals surface area contributed by atoms with Gasteiger partial charge in [-0.15, -0.1) is 6.58 Å². The molecule has 1 aliphatic rings. The van der Waals surface area contributed by atoms with Crippen LogP contribution in [0.3, 0.4) is 0 Å². The van der Waals surface area contributed by atoms with Crippen molar-refractivity contribution in [2.45, 2.75) is 24.4 Å². The van der Waals surface area contributed by atoms with Gasteiger partial charge in [-0.05, 0) is 24.6 Å². The summed E-state index contributed by atoms with van der Waals surface area (Å²) in [5.74, 6) is 1.74. The Balaban J connectivity index is 2.11. The average Bonchev–Trinajstić information content (AvgIpc) is 2.69. The summed E-state index contributed by atoms with van der Waals surface area (Å²) in [6, 6.07) is 5.48. The van der Waals surface area contributed by atoms with Gasteiger partial charge >= 0.3 is 0 Å². The van der Waals surface area contributed by atoms with Crippen molar-refractivity contribution < 1.29 is 14.3 Å². The molecule has 8 heteroatoms. The average molecular weight is 401 g/mol. The number of rotatable bonds is 7. The molecule has 2 heterocycles. The second-order valence-corrected chi connectivity index (χ2v) is 7.26. The molecule has 1 aliphatic heterocycles. The molecular formula is C20H23N3O4S. The van der Waals surface area contributed by atoms with Gasteiger partial charge in [-0.1, -0.05) is 23.9 Å². The maximum absolute atomic E-state index is 12.8. The van der Waals surface area contributed by atoms with Crippen LogP contribution in [0.25, 0.3) is 0 Å². The van der Waals surface area contributed by atoms with E-state index in [1.807, 2.05) is 19.1 Å². The van der Waals surface area contributed by atoms with E-state index in [4.69, 9.17) is 9.47 Å². The van der Waals surface area contributed by atoms with Crippen molar-refractivity contribution >= 4 is 23.5 Å². The molecule has 148 valence electrons. The van der Waals surface area contributed by atoms with Gasteiger partial charge in [0.1, 0.15) is 5.82 Å². The van der Waals surface area contributed by atoms with Gasteiger partial charge in [0.25, 0.3) is 5.56 Å². The zero-order valence-corrected chi connectivity index (χ0v) is 17.0. The minimum Gasteiger partial charge on any atom is -0.493 e. The van der Waals surface area contributed by atoms with Gasteiger partial charge in [-0.25, -0.2) is 0 Å². The fraction of sp³-hybridized carbons (Fsp3) is 0.350. The fourth-order valence-corrected chi connectivity index (χ4v) is 3.96. The quantitative estimate of drug-likeness (QED) is 0.436. The second kappa shape index (κ2) is 8.52. The van der Waals surface area contributed by atoms with Gasteiger partial charge in [0.05, 0.1) is 19.3 Å². The molecule has 1 N–H and O–H groups in total. The third-order valence-electron chi connectivity index (χ3n) is 4.52. The van der Waals surface area contributed by atoms with Crippen molar-refractivity contribution in [3.8, 4) is 11.5 Å². The number of thioether (sulfide) groups is 1. The van der Waals surface area contributed by atoms with E-state index < -0.39 is 5.92 Å². The molecular weight excluding hydrogens is 378 g/mol. The molecule has 1 aromatic heterocycles. The van der Waals surface area contributed by atoms with Crippen LogP contribution in [0.5, 0.6) is 11.5 Å². The molecule has 0 radical (unpaired) electrons. The zero-order chi connectivity index (χ0) is 20.3. The van der Waals surface area contributed by atoms with Gasteiger partial charge < -0.3 is 19.4 Å². The van der Waals surface area contributed by atoms with E-state index >= 15 is 0 Å². The van der Waals surface area contributed by atoms with E-state index in [0.717, 1.165) is 5.56 Å². The number of hydrogen-bond acceptors (Lipinski definition) is 6. The second-order valence-electron chi connectivity index (χ2n) is 6.27. The topological polar surface area (TPSA) is 82.5 Å². The Morgan fingerprint density at radius 3 is 2.86 bits per heavy atom. The van der Waals surface area contributed by atoms with E-state index in [2.05, 4.69) is 16.9 Å². The molecule has 7 nitrogen and oxygen atoms in total. The third-order valence-corrected chi connectivity index (χ3v) is 5.55. The van der Waals surface area contributed by atoms with Crippen molar-refractivity contribution in [3.05, 3.63) is 52.3 Å². The standard InChI is InChI=1S/C20H23N3O4S/c1-5-9-28-20-22-19(25)17-13(11-16(24)21-18(17)23(20)3)12-7-8-14(27-6-2)15(10-12)26-4/h5,7-8,10,13H,1,6,9,11H2,2-4H3,(H,21,24)/t13-/m1/s1. The van der Waals surface area contributed by atoms with E-state index in [1.165, 1.54) is 11.8 Å². The van der Waals surface area contributed by atoms with Crippen LogP contribution in [0.1, 0.15) is 30.4 Å². The van der Waals surface area contributed by atoms with Crippen molar-refractivity contribution in [1.29, 1.82) is 0 Å². The van der Waals surface area contributed by atoms with E-state index in [0.29, 0.717) is 40.4 Å². The molecule has 28 heavy (non-hydrogen) atoms. The Morgan fingerprint density at radius 1 is 1.39 bits per heavy atom. The number of ether oxygens (including phenoxy) is 2. The molecule has 1 atom stereocenters. The molecule has 0 saturated carbocycles. The van der Waals surface area contributed by atoms with Crippen LogP contribution in [0.4, 0.5) is 5.82 Å². The van der Waals surface area contributed by atoms with Crippen LogP contribution in [-0.4, -0.2) is 34.9 Å². The molecule has 3 rings (SSSR count). The smallest absolute Gasteiger partial charge is 0.279 e. The highest BCUT2D eigenvalue weighted by molar-refractivity contribution is 7.99. The summed E-state index contributed by atoms with van der Waals surface area (Å²) in [5, 5.41) is 3.37. The van der Waals surface area contributed by atoms with Gasteiger partial charge in [-0.2, -0.15) is 4.98 Å². The Bertz CT molecular complexity index is 971. The Labute approximate surface area is 167 Å². The Kier molecular flexibility index (Phi) is 6.08. The zero-order valence-electron chi connectivity index (χ0n) is 16.2. The third kappa shape index (κ3) is 3.77. The fourth-order valence-electron chi connectivity index (χ4n) is 3.26. The van der Waals surface area contributed by atoms with Crippen LogP contribution < -0.4 is 20.3 Å². The summed E-state index contributed by atoms with van der Waals surface area (Å²) in [6.45, 7) is 6.10. The van der Waals surface area contributed by atoms with Crippen LogP contribution >= 0.6 is 11.8 Å². The molecule has 0 aliphatic carbocycles.